The molecule has 3 rings (SSSR count). The molecule has 3 aromatic rings. The number of ether oxygens (including phenoxy) is 1. The van der Waals surface area contributed by atoms with E-state index < -0.39 is 4.92 Å². The Balaban J connectivity index is 1.61. The molecule has 1 aromatic heterocycles. The fourth-order valence-electron chi connectivity index (χ4n) is 2.50. The zero-order chi connectivity index (χ0) is 17.8. The fourth-order valence-corrected chi connectivity index (χ4v) is 2.50. The van der Waals surface area contributed by atoms with Gasteiger partial charge in [0.1, 0.15) is 5.75 Å². The van der Waals surface area contributed by atoms with Crippen molar-refractivity contribution in [2.45, 2.75) is 26.9 Å². The summed E-state index contributed by atoms with van der Waals surface area (Å²) in [6.07, 6.45) is 0.436. The molecule has 0 aliphatic carbocycles. The van der Waals surface area contributed by atoms with Crippen molar-refractivity contribution in [1.82, 2.24) is 10.1 Å². The largest absolute Gasteiger partial charge is 0.484 e. The molecule has 0 amide bonds. The summed E-state index contributed by atoms with van der Waals surface area (Å²) in [6.45, 7) is 4.21. The van der Waals surface area contributed by atoms with Crippen LogP contribution >= 0.6 is 0 Å². The quantitative estimate of drug-likeness (QED) is 0.501. The second-order valence-corrected chi connectivity index (χ2v) is 5.82. The molecule has 25 heavy (non-hydrogen) atoms. The SMILES string of the molecule is Cc1cc(C)cc(OCc2nc(Cc3ccc([N+](=O)[O-])cc3)no2)c1. The topological polar surface area (TPSA) is 91.3 Å². The molecule has 0 N–H and O–H groups in total. The van der Waals surface area contributed by atoms with Gasteiger partial charge in [-0.25, -0.2) is 0 Å². The highest BCUT2D eigenvalue weighted by molar-refractivity contribution is 5.34. The van der Waals surface area contributed by atoms with Crippen LogP contribution in [0.15, 0.2) is 47.0 Å². The zero-order valence-electron chi connectivity index (χ0n) is 13.9. The average molecular weight is 339 g/mol. The highest BCUT2D eigenvalue weighted by Crippen LogP contribution is 2.18. The lowest BCUT2D eigenvalue weighted by Crippen LogP contribution is -1.97. The summed E-state index contributed by atoms with van der Waals surface area (Å²) >= 11 is 0. The summed E-state index contributed by atoms with van der Waals surface area (Å²) in [5.74, 6) is 1.65. The van der Waals surface area contributed by atoms with Gasteiger partial charge in [-0.05, 0) is 42.7 Å². The summed E-state index contributed by atoms with van der Waals surface area (Å²) in [5, 5.41) is 14.6. The molecule has 7 nitrogen and oxygen atoms in total. The first kappa shape index (κ1) is 16.6. The van der Waals surface area contributed by atoms with E-state index in [-0.39, 0.29) is 12.3 Å². The lowest BCUT2D eigenvalue weighted by molar-refractivity contribution is -0.384. The van der Waals surface area contributed by atoms with Crippen molar-refractivity contribution in [2.24, 2.45) is 0 Å². The highest BCUT2D eigenvalue weighted by Gasteiger charge is 2.10. The van der Waals surface area contributed by atoms with Gasteiger partial charge in [-0.1, -0.05) is 23.4 Å². The van der Waals surface area contributed by atoms with Gasteiger partial charge in [0, 0.05) is 18.6 Å². The Hall–Kier alpha value is -3.22. The first-order chi connectivity index (χ1) is 12.0. The third-order valence-electron chi connectivity index (χ3n) is 3.58. The van der Waals surface area contributed by atoms with Crippen molar-refractivity contribution < 1.29 is 14.2 Å². The molecule has 0 fully saturated rings. The van der Waals surface area contributed by atoms with Gasteiger partial charge >= 0.3 is 0 Å². The molecule has 0 saturated heterocycles. The lowest BCUT2D eigenvalue weighted by atomic mass is 10.1. The number of nitrogens with zero attached hydrogens (tertiary/aromatic N) is 3. The molecular formula is C18H17N3O4. The maximum atomic E-state index is 10.7. The Kier molecular flexibility index (Phi) is 4.74. The second-order valence-electron chi connectivity index (χ2n) is 5.82. The van der Waals surface area contributed by atoms with Crippen LogP contribution in [0.4, 0.5) is 5.69 Å². The summed E-state index contributed by atoms with van der Waals surface area (Å²) in [5.41, 5.74) is 3.17. The van der Waals surface area contributed by atoms with Crippen molar-refractivity contribution in [3.63, 3.8) is 0 Å². The van der Waals surface area contributed by atoms with Gasteiger partial charge in [-0.2, -0.15) is 4.98 Å². The van der Waals surface area contributed by atoms with Gasteiger partial charge in [0.2, 0.25) is 0 Å². The van der Waals surface area contributed by atoms with Gasteiger partial charge < -0.3 is 9.26 Å². The normalized spacial score (nSPS) is 10.6. The molecule has 2 aromatic carbocycles. The van der Waals surface area contributed by atoms with Crippen LogP contribution in [0.5, 0.6) is 5.75 Å². The molecule has 0 aliphatic heterocycles. The Morgan fingerprint density at radius 3 is 2.44 bits per heavy atom. The van der Waals surface area contributed by atoms with E-state index in [1.807, 2.05) is 26.0 Å². The summed E-state index contributed by atoms with van der Waals surface area (Å²) in [6, 6.07) is 12.2. The Morgan fingerprint density at radius 1 is 1.12 bits per heavy atom. The Labute approximate surface area is 144 Å². The Morgan fingerprint density at radius 2 is 1.80 bits per heavy atom. The third kappa shape index (κ3) is 4.41. The van der Waals surface area contributed by atoms with E-state index in [1.165, 1.54) is 12.1 Å². The van der Waals surface area contributed by atoms with Crippen LogP contribution < -0.4 is 4.74 Å². The van der Waals surface area contributed by atoms with Crippen LogP contribution in [0, 0.1) is 24.0 Å². The van der Waals surface area contributed by atoms with Crippen LogP contribution in [0.1, 0.15) is 28.4 Å². The molecule has 0 radical (unpaired) electrons. The number of hydrogen-bond acceptors (Lipinski definition) is 6. The van der Waals surface area contributed by atoms with Gasteiger partial charge in [0.25, 0.3) is 11.6 Å². The van der Waals surface area contributed by atoms with Crippen LogP contribution in [-0.2, 0) is 13.0 Å². The molecule has 128 valence electrons. The van der Waals surface area contributed by atoms with Gasteiger partial charge in [0.15, 0.2) is 12.4 Å². The molecule has 0 bridgehead atoms. The minimum atomic E-state index is -0.430. The van der Waals surface area contributed by atoms with Crippen LogP contribution in [0.3, 0.4) is 0 Å². The van der Waals surface area contributed by atoms with E-state index in [9.17, 15) is 10.1 Å². The minimum Gasteiger partial charge on any atom is -0.484 e. The molecule has 0 unspecified atom stereocenters. The van der Waals surface area contributed by atoms with Crippen LogP contribution in [0.25, 0.3) is 0 Å². The predicted molar refractivity (Wildman–Crippen MR) is 90.4 cm³/mol. The predicted octanol–water partition coefficient (Wildman–Crippen LogP) is 3.76. The smallest absolute Gasteiger partial charge is 0.269 e. The van der Waals surface area contributed by atoms with E-state index in [4.69, 9.17) is 9.26 Å². The summed E-state index contributed by atoms with van der Waals surface area (Å²) < 4.78 is 10.9. The number of non-ortho nitro benzene ring substituents is 1. The summed E-state index contributed by atoms with van der Waals surface area (Å²) in [7, 11) is 0. The number of rotatable bonds is 6. The maximum absolute atomic E-state index is 10.7. The monoisotopic (exact) mass is 339 g/mol. The molecule has 1 heterocycles. The first-order valence-corrected chi connectivity index (χ1v) is 7.75. The number of aromatic nitrogens is 2. The van der Waals surface area contributed by atoms with Crippen molar-refractivity contribution in [2.75, 3.05) is 0 Å². The third-order valence-corrected chi connectivity index (χ3v) is 3.58. The van der Waals surface area contributed by atoms with Gasteiger partial charge in [-0.15, -0.1) is 0 Å². The van der Waals surface area contributed by atoms with Crippen molar-refractivity contribution in [1.29, 1.82) is 0 Å². The van der Waals surface area contributed by atoms with E-state index in [1.54, 1.807) is 12.1 Å². The number of nitro groups is 1. The van der Waals surface area contributed by atoms with Crippen LogP contribution in [-0.4, -0.2) is 15.1 Å². The van der Waals surface area contributed by atoms with Crippen LogP contribution in [0.2, 0.25) is 0 Å². The zero-order valence-corrected chi connectivity index (χ0v) is 13.9. The van der Waals surface area contributed by atoms with Crippen molar-refractivity contribution in [3.8, 4) is 5.75 Å². The number of hydrogen-bond donors (Lipinski definition) is 0. The molecule has 0 saturated carbocycles. The first-order valence-electron chi connectivity index (χ1n) is 7.75. The van der Waals surface area contributed by atoms with Gasteiger partial charge in [0.05, 0.1) is 4.92 Å². The average Bonchev–Trinajstić information content (AvgIpc) is 3.00. The van der Waals surface area contributed by atoms with Crippen molar-refractivity contribution in [3.05, 3.63) is 81.0 Å². The number of nitro benzene ring substituents is 1. The molecule has 7 heteroatoms. The highest BCUT2D eigenvalue weighted by atomic mass is 16.6. The minimum absolute atomic E-state index is 0.0550. The van der Waals surface area contributed by atoms with E-state index >= 15 is 0 Å². The molecule has 0 atom stereocenters. The lowest BCUT2D eigenvalue weighted by Gasteiger charge is -2.05. The van der Waals surface area contributed by atoms with E-state index in [0.717, 1.165) is 22.4 Å². The van der Waals surface area contributed by atoms with E-state index in [2.05, 4.69) is 16.2 Å². The molecule has 0 aliphatic rings. The fraction of sp³-hybridized carbons (Fsp3) is 0.222. The Bertz CT molecular complexity index is 867. The number of aryl methyl sites for hydroxylation is 2. The van der Waals surface area contributed by atoms with Gasteiger partial charge in [-0.3, -0.25) is 10.1 Å². The standard InChI is InChI=1S/C18H17N3O4/c1-12-7-13(2)9-16(8-12)24-11-18-19-17(20-25-18)10-14-3-5-15(6-4-14)21(22)23/h3-9H,10-11H2,1-2H3. The second kappa shape index (κ2) is 7.12. The van der Waals surface area contributed by atoms with E-state index in [0.29, 0.717) is 18.1 Å². The summed E-state index contributed by atoms with van der Waals surface area (Å²) in [4.78, 5) is 14.5. The maximum Gasteiger partial charge on any atom is 0.269 e. The molecule has 0 spiro atoms. The van der Waals surface area contributed by atoms with Crippen molar-refractivity contribution >= 4 is 5.69 Å². The molecular weight excluding hydrogens is 322 g/mol. The number of benzene rings is 2.